The van der Waals surface area contributed by atoms with Gasteiger partial charge in [0.1, 0.15) is 0 Å². The number of para-hydroxylation sites is 2. The Labute approximate surface area is 173 Å². The Morgan fingerprint density at radius 3 is 2.66 bits per heavy atom. The highest BCUT2D eigenvalue weighted by Gasteiger charge is 2.31. The van der Waals surface area contributed by atoms with Gasteiger partial charge in [-0.3, -0.25) is 9.59 Å². The number of hydrogen-bond acceptors (Lipinski definition) is 5. The minimum Gasteiger partial charge on any atom is -0.345 e. The Hall–Kier alpha value is -2.93. The molecule has 0 radical (unpaired) electrons. The summed E-state index contributed by atoms with van der Waals surface area (Å²) in [6, 6.07) is 15.9. The number of thiazole rings is 1. The third-order valence-corrected chi connectivity index (χ3v) is 6.84. The smallest absolute Gasteiger partial charge is 0.232 e. The Morgan fingerprint density at radius 2 is 1.83 bits per heavy atom. The molecule has 0 spiro atoms. The molecule has 2 aliphatic rings. The molecule has 1 unspecified atom stereocenters. The topological polar surface area (TPSA) is 65.5 Å². The summed E-state index contributed by atoms with van der Waals surface area (Å²) in [5, 5.41) is 3.93. The van der Waals surface area contributed by atoms with Gasteiger partial charge in [0, 0.05) is 38.3 Å². The van der Waals surface area contributed by atoms with Gasteiger partial charge < -0.3 is 15.1 Å². The Morgan fingerprint density at radius 1 is 1.07 bits per heavy atom. The summed E-state index contributed by atoms with van der Waals surface area (Å²) in [6.45, 7) is 2.97. The lowest BCUT2D eigenvalue weighted by Gasteiger charge is -2.34. The predicted octanol–water partition coefficient (Wildman–Crippen LogP) is 3.46. The summed E-state index contributed by atoms with van der Waals surface area (Å²) in [7, 11) is 0. The van der Waals surface area contributed by atoms with Crippen molar-refractivity contribution in [3.8, 4) is 0 Å². The first kappa shape index (κ1) is 18.1. The molecule has 1 aromatic heterocycles. The minimum atomic E-state index is -0.223. The highest BCUT2D eigenvalue weighted by molar-refractivity contribution is 7.22. The van der Waals surface area contributed by atoms with Crippen LogP contribution in [0.5, 0.6) is 0 Å². The van der Waals surface area contributed by atoms with Crippen LogP contribution in [0.3, 0.4) is 0 Å². The fraction of sp³-hybridized carbons (Fsp3) is 0.318. The lowest BCUT2D eigenvalue weighted by Crippen LogP contribution is -2.48. The Kier molecular flexibility index (Phi) is 4.67. The molecule has 0 saturated carbocycles. The van der Waals surface area contributed by atoms with Crippen molar-refractivity contribution in [2.24, 2.45) is 0 Å². The summed E-state index contributed by atoms with van der Waals surface area (Å²) in [6.07, 6.45) is 0.952. The summed E-state index contributed by atoms with van der Waals surface area (Å²) in [4.78, 5) is 33.9. The molecule has 29 heavy (non-hydrogen) atoms. The normalized spacial score (nSPS) is 18.8. The van der Waals surface area contributed by atoms with Gasteiger partial charge in [-0.2, -0.15) is 0 Å². The van der Waals surface area contributed by atoms with Crippen molar-refractivity contribution in [1.29, 1.82) is 0 Å². The molecule has 0 aliphatic carbocycles. The second-order valence-electron chi connectivity index (χ2n) is 7.50. The molecular formula is C22H22N4O2S. The number of benzene rings is 2. The van der Waals surface area contributed by atoms with Crippen LogP contribution < -0.4 is 10.2 Å². The van der Waals surface area contributed by atoms with Gasteiger partial charge in [0.15, 0.2) is 5.13 Å². The zero-order chi connectivity index (χ0) is 19.8. The number of piperazine rings is 1. The molecule has 1 saturated heterocycles. The van der Waals surface area contributed by atoms with Crippen LogP contribution in [0.15, 0.2) is 48.5 Å². The number of anilines is 2. The van der Waals surface area contributed by atoms with Crippen LogP contribution >= 0.6 is 11.3 Å². The summed E-state index contributed by atoms with van der Waals surface area (Å²) >= 11 is 1.70. The molecule has 1 N–H and O–H groups in total. The highest BCUT2D eigenvalue weighted by Crippen LogP contribution is 2.35. The maximum atomic E-state index is 12.7. The summed E-state index contributed by atoms with van der Waals surface area (Å²) < 4.78 is 1.19. The van der Waals surface area contributed by atoms with Crippen molar-refractivity contribution in [3.05, 3.63) is 54.1 Å². The quantitative estimate of drug-likeness (QED) is 0.721. The van der Waals surface area contributed by atoms with Crippen LogP contribution in [-0.2, 0) is 9.59 Å². The minimum absolute atomic E-state index is 0.000319. The van der Waals surface area contributed by atoms with E-state index in [0.29, 0.717) is 25.9 Å². The number of aromatic nitrogens is 1. The van der Waals surface area contributed by atoms with Crippen LogP contribution in [0.25, 0.3) is 10.2 Å². The van der Waals surface area contributed by atoms with E-state index in [1.807, 2.05) is 47.4 Å². The van der Waals surface area contributed by atoms with E-state index in [1.165, 1.54) is 4.70 Å². The molecule has 2 aromatic carbocycles. The average molecular weight is 407 g/mol. The van der Waals surface area contributed by atoms with Crippen molar-refractivity contribution in [2.45, 2.75) is 18.8 Å². The van der Waals surface area contributed by atoms with Crippen molar-refractivity contribution in [2.75, 3.05) is 36.4 Å². The van der Waals surface area contributed by atoms with Crippen LogP contribution in [0.2, 0.25) is 0 Å². The molecule has 2 aliphatic heterocycles. The zero-order valence-electron chi connectivity index (χ0n) is 16.0. The molecule has 3 heterocycles. The van der Waals surface area contributed by atoms with E-state index in [4.69, 9.17) is 4.98 Å². The van der Waals surface area contributed by atoms with Gasteiger partial charge in [0.05, 0.1) is 16.1 Å². The number of carbonyl (C=O) groups excluding carboxylic acids is 2. The first-order valence-corrected chi connectivity index (χ1v) is 10.8. The largest absolute Gasteiger partial charge is 0.345 e. The molecule has 1 fully saturated rings. The van der Waals surface area contributed by atoms with Crippen LogP contribution in [-0.4, -0.2) is 47.9 Å². The standard InChI is InChI=1S/C22H22N4O2S/c27-20(10-9-16-15-5-1-2-6-17(15)23-21(16)28)25-11-13-26(14-12-25)22-24-18-7-3-4-8-19(18)29-22/h1-8,16H,9-14H2,(H,23,28). The van der Waals surface area contributed by atoms with Crippen molar-refractivity contribution in [3.63, 3.8) is 0 Å². The molecule has 5 rings (SSSR count). The van der Waals surface area contributed by atoms with Gasteiger partial charge in [-0.25, -0.2) is 4.98 Å². The van der Waals surface area contributed by atoms with Gasteiger partial charge in [-0.15, -0.1) is 0 Å². The molecule has 1 atom stereocenters. The van der Waals surface area contributed by atoms with Gasteiger partial charge in [0.2, 0.25) is 11.8 Å². The van der Waals surface area contributed by atoms with E-state index in [2.05, 4.69) is 16.3 Å². The fourth-order valence-corrected chi connectivity index (χ4v) is 5.15. The molecule has 7 heteroatoms. The van der Waals surface area contributed by atoms with E-state index >= 15 is 0 Å². The number of amides is 2. The van der Waals surface area contributed by atoms with Gasteiger partial charge in [-0.05, 0) is 30.2 Å². The van der Waals surface area contributed by atoms with Crippen LogP contribution in [0.1, 0.15) is 24.3 Å². The maximum absolute atomic E-state index is 12.7. The molecule has 3 aromatic rings. The number of hydrogen-bond donors (Lipinski definition) is 1. The average Bonchev–Trinajstić information content (AvgIpc) is 3.32. The zero-order valence-corrected chi connectivity index (χ0v) is 16.8. The van der Waals surface area contributed by atoms with E-state index in [9.17, 15) is 9.59 Å². The van der Waals surface area contributed by atoms with Gasteiger partial charge in [-0.1, -0.05) is 41.7 Å². The molecule has 148 valence electrons. The van der Waals surface area contributed by atoms with Gasteiger partial charge >= 0.3 is 0 Å². The summed E-state index contributed by atoms with van der Waals surface area (Å²) in [5.74, 6) is -0.0926. The molecule has 2 amide bonds. The second kappa shape index (κ2) is 7.48. The van der Waals surface area contributed by atoms with Crippen molar-refractivity contribution in [1.82, 2.24) is 9.88 Å². The SMILES string of the molecule is O=C1Nc2ccccc2C1CCC(=O)N1CCN(c2nc3ccccc3s2)CC1. The van der Waals surface area contributed by atoms with E-state index in [-0.39, 0.29) is 17.7 Å². The fourth-order valence-electron chi connectivity index (χ4n) is 4.13. The van der Waals surface area contributed by atoms with E-state index in [0.717, 1.165) is 35.0 Å². The molecular weight excluding hydrogens is 384 g/mol. The third-order valence-electron chi connectivity index (χ3n) is 5.74. The molecule has 6 nitrogen and oxygen atoms in total. The number of rotatable bonds is 4. The lowest BCUT2D eigenvalue weighted by molar-refractivity contribution is -0.131. The van der Waals surface area contributed by atoms with Crippen molar-refractivity contribution < 1.29 is 9.59 Å². The van der Waals surface area contributed by atoms with Crippen LogP contribution in [0.4, 0.5) is 10.8 Å². The van der Waals surface area contributed by atoms with E-state index in [1.54, 1.807) is 11.3 Å². The maximum Gasteiger partial charge on any atom is 0.232 e. The third kappa shape index (κ3) is 3.46. The van der Waals surface area contributed by atoms with Gasteiger partial charge in [0.25, 0.3) is 0 Å². The number of nitrogens with one attached hydrogen (secondary N) is 1. The van der Waals surface area contributed by atoms with Crippen molar-refractivity contribution >= 4 is 44.2 Å². The predicted molar refractivity (Wildman–Crippen MR) is 115 cm³/mol. The van der Waals surface area contributed by atoms with E-state index < -0.39 is 0 Å². The number of fused-ring (bicyclic) bond motifs is 2. The number of carbonyl (C=O) groups is 2. The lowest BCUT2D eigenvalue weighted by atomic mass is 9.95. The summed E-state index contributed by atoms with van der Waals surface area (Å²) in [5.41, 5.74) is 2.91. The second-order valence-corrected chi connectivity index (χ2v) is 8.51. The monoisotopic (exact) mass is 406 g/mol. The Bertz CT molecular complexity index is 1040. The first-order chi connectivity index (χ1) is 14.2. The molecule has 0 bridgehead atoms. The highest BCUT2D eigenvalue weighted by atomic mass is 32.1. The number of nitrogens with zero attached hydrogens (tertiary/aromatic N) is 3. The van der Waals surface area contributed by atoms with Crippen LogP contribution in [0, 0.1) is 0 Å². The Balaban J connectivity index is 1.17. The first-order valence-electron chi connectivity index (χ1n) is 9.97.